The van der Waals surface area contributed by atoms with E-state index in [1.165, 1.54) is 0 Å². The van der Waals surface area contributed by atoms with E-state index < -0.39 is 0 Å². The fraction of sp³-hybridized carbons (Fsp3) is 0.471. The van der Waals surface area contributed by atoms with Crippen molar-refractivity contribution in [3.63, 3.8) is 0 Å². The number of nitrogens with zero attached hydrogens (tertiary/aromatic N) is 3. The van der Waals surface area contributed by atoms with Crippen LogP contribution in [-0.4, -0.2) is 40.5 Å². The maximum Gasteiger partial charge on any atom is 0.190 e. The summed E-state index contributed by atoms with van der Waals surface area (Å²) in [4.78, 5) is 10.8. The SMILES string of the molecule is COc1cc(C=O)ccc1OCCCSc1nnc(C(C)C)n1C. The summed E-state index contributed by atoms with van der Waals surface area (Å²) in [7, 11) is 3.56. The fourth-order valence-electron chi connectivity index (χ4n) is 2.24. The summed E-state index contributed by atoms with van der Waals surface area (Å²) in [5, 5.41) is 9.36. The highest BCUT2D eigenvalue weighted by atomic mass is 32.2. The van der Waals surface area contributed by atoms with Gasteiger partial charge in [0, 0.05) is 24.3 Å². The van der Waals surface area contributed by atoms with Crippen molar-refractivity contribution in [3.8, 4) is 11.5 Å². The first-order chi connectivity index (χ1) is 11.6. The quantitative estimate of drug-likeness (QED) is 0.393. The second kappa shape index (κ2) is 8.73. The van der Waals surface area contributed by atoms with E-state index in [0.717, 1.165) is 29.4 Å². The van der Waals surface area contributed by atoms with E-state index in [-0.39, 0.29) is 0 Å². The van der Waals surface area contributed by atoms with Gasteiger partial charge in [0.25, 0.3) is 0 Å². The Kier molecular flexibility index (Phi) is 6.66. The van der Waals surface area contributed by atoms with Gasteiger partial charge in [0.05, 0.1) is 13.7 Å². The molecule has 130 valence electrons. The Hall–Kier alpha value is -2.02. The van der Waals surface area contributed by atoms with E-state index in [1.807, 2.05) is 11.6 Å². The lowest BCUT2D eigenvalue weighted by atomic mass is 10.2. The summed E-state index contributed by atoms with van der Waals surface area (Å²) in [6, 6.07) is 5.14. The third kappa shape index (κ3) is 4.50. The van der Waals surface area contributed by atoms with Crippen molar-refractivity contribution in [3.05, 3.63) is 29.6 Å². The normalized spacial score (nSPS) is 10.9. The number of aldehydes is 1. The second-order valence-corrected chi connectivity index (χ2v) is 6.70. The number of carbonyl (C=O) groups excluding carboxylic acids is 1. The van der Waals surface area contributed by atoms with Gasteiger partial charge < -0.3 is 14.0 Å². The third-order valence-corrected chi connectivity index (χ3v) is 4.59. The summed E-state index contributed by atoms with van der Waals surface area (Å²) in [6.45, 7) is 4.78. The fourth-order valence-corrected chi connectivity index (χ4v) is 3.07. The second-order valence-electron chi connectivity index (χ2n) is 5.63. The molecule has 0 spiro atoms. The van der Waals surface area contributed by atoms with Gasteiger partial charge in [-0.1, -0.05) is 25.6 Å². The van der Waals surface area contributed by atoms with Crippen LogP contribution in [0, 0.1) is 0 Å². The summed E-state index contributed by atoms with van der Waals surface area (Å²) in [6.07, 6.45) is 1.66. The van der Waals surface area contributed by atoms with Gasteiger partial charge in [-0.15, -0.1) is 10.2 Å². The van der Waals surface area contributed by atoms with E-state index in [0.29, 0.717) is 29.6 Å². The highest BCUT2D eigenvalue weighted by molar-refractivity contribution is 7.99. The van der Waals surface area contributed by atoms with Crippen LogP contribution in [0.1, 0.15) is 42.4 Å². The number of rotatable bonds is 9. The number of carbonyl (C=O) groups is 1. The number of hydrogen-bond donors (Lipinski definition) is 0. The van der Waals surface area contributed by atoms with Crippen molar-refractivity contribution in [2.45, 2.75) is 31.3 Å². The molecule has 2 rings (SSSR count). The molecule has 1 aromatic heterocycles. The summed E-state index contributed by atoms with van der Waals surface area (Å²) < 4.78 is 13.0. The van der Waals surface area contributed by atoms with Crippen molar-refractivity contribution >= 4 is 18.0 Å². The number of aromatic nitrogens is 3. The molecule has 0 aliphatic rings. The molecule has 7 heteroatoms. The topological polar surface area (TPSA) is 66.2 Å². The molecule has 0 amide bonds. The van der Waals surface area contributed by atoms with Gasteiger partial charge in [-0.2, -0.15) is 0 Å². The predicted molar refractivity (Wildman–Crippen MR) is 94.3 cm³/mol. The van der Waals surface area contributed by atoms with Gasteiger partial charge in [-0.25, -0.2) is 0 Å². The van der Waals surface area contributed by atoms with Crippen LogP contribution in [0.4, 0.5) is 0 Å². The highest BCUT2D eigenvalue weighted by Gasteiger charge is 2.12. The van der Waals surface area contributed by atoms with Crippen LogP contribution in [0.5, 0.6) is 11.5 Å². The molecular formula is C17H23N3O3S. The maximum atomic E-state index is 10.8. The summed E-state index contributed by atoms with van der Waals surface area (Å²) >= 11 is 1.67. The minimum absolute atomic E-state index is 0.363. The van der Waals surface area contributed by atoms with Gasteiger partial charge in [-0.05, 0) is 24.6 Å². The molecule has 0 atom stereocenters. The minimum Gasteiger partial charge on any atom is -0.493 e. The minimum atomic E-state index is 0.363. The number of thioether (sulfide) groups is 1. The lowest BCUT2D eigenvalue weighted by Crippen LogP contribution is -2.03. The van der Waals surface area contributed by atoms with Crippen molar-refractivity contribution in [2.24, 2.45) is 7.05 Å². The van der Waals surface area contributed by atoms with Crippen molar-refractivity contribution < 1.29 is 14.3 Å². The number of benzene rings is 1. The Morgan fingerprint density at radius 2 is 2.08 bits per heavy atom. The lowest BCUT2D eigenvalue weighted by Gasteiger charge is -2.11. The Morgan fingerprint density at radius 3 is 2.71 bits per heavy atom. The van der Waals surface area contributed by atoms with Gasteiger partial charge >= 0.3 is 0 Å². The zero-order valence-electron chi connectivity index (χ0n) is 14.5. The van der Waals surface area contributed by atoms with Crippen LogP contribution >= 0.6 is 11.8 Å². The molecule has 1 aromatic carbocycles. The average Bonchev–Trinajstić information content (AvgIpc) is 2.95. The zero-order valence-corrected chi connectivity index (χ0v) is 15.3. The molecule has 0 saturated carbocycles. The first kappa shape index (κ1) is 18.3. The van der Waals surface area contributed by atoms with E-state index in [4.69, 9.17) is 9.47 Å². The maximum absolute atomic E-state index is 10.8. The third-order valence-electron chi connectivity index (χ3n) is 3.49. The standard InChI is InChI=1S/C17H23N3O3S/c1-12(2)16-18-19-17(20(16)3)24-9-5-8-23-14-7-6-13(11-21)10-15(14)22-4/h6-7,10-12H,5,8-9H2,1-4H3. The largest absolute Gasteiger partial charge is 0.493 e. The molecule has 0 bridgehead atoms. The molecule has 0 aliphatic heterocycles. The molecule has 2 aromatic rings. The molecule has 0 N–H and O–H groups in total. The highest BCUT2D eigenvalue weighted by Crippen LogP contribution is 2.28. The monoisotopic (exact) mass is 349 g/mol. The summed E-state index contributed by atoms with van der Waals surface area (Å²) in [5.41, 5.74) is 0.568. The Labute approximate surface area is 146 Å². The van der Waals surface area contributed by atoms with Crippen molar-refractivity contribution in [1.29, 1.82) is 0 Å². The number of ether oxygens (including phenoxy) is 2. The van der Waals surface area contributed by atoms with Gasteiger partial charge in [0.1, 0.15) is 12.1 Å². The molecule has 6 nitrogen and oxygen atoms in total. The van der Waals surface area contributed by atoms with Crippen LogP contribution < -0.4 is 9.47 Å². The van der Waals surface area contributed by atoms with Crippen molar-refractivity contribution in [1.82, 2.24) is 14.8 Å². The van der Waals surface area contributed by atoms with E-state index in [1.54, 1.807) is 37.1 Å². The predicted octanol–water partition coefficient (Wildman–Crippen LogP) is 3.32. The average molecular weight is 349 g/mol. The first-order valence-corrected chi connectivity index (χ1v) is 8.83. The number of methoxy groups -OCH3 is 1. The van der Waals surface area contributed by atoms with Crippen LogP contribution in [0.25, 0.3) is 0 Å². The van der Waals surface area contributed by atoms with E-state index in [2.05, 4.69) is 24.0 Å². The van der Waals surface area contributed by atoms with Crippen LogP contribution in [0.2, 0.25) is 0 Å². The van der Waals surface area contributed by atoms with Gasteiger partial charge in [-0.3, -0.25) is 4.79 Å². The molecule has 1 heterocycles. The molecular weight excluding hydrogens is 326 g/mol. The molecule has 0 aliphatic carbocycles. The first-order valence-electron chi connectivity index (χ1n) is 7.85. The van der Waals surface area contributed by atoms with E-state index in [9.17, 15) is 4.79 Å². The summed E-state index contributed by atoms with van der Waals surface area (Å²) in [5.74, 6) is 3.46. The van der Waals surface area contributed by atoms with Gasteiger partial charge in [0.15, 0.2) is 16.7 Å². The number of hydrogen-bond acceptors (Lipinski definition) is 6. The van der Waals surface area contributed by atoms with Crippen LogP contribution in [-0.2, 0) is 7.05 Å². The molecule has 0 saturated heterocycles. The molecule has 0 unspecified atom stereocenters. The Bertz CT molecular complexity index is 686. The van der Waals surface area contributed by atoms with Crippen LogP contribution in [0.3, 0.4) is 0 Å². The molecule has 0 radical (unpaired) electrons. The smallest absolute Gasteiger partial charge is 0.190 e. The molecule has 0 fully saturated rings. The zero-order chi connectivity index (χ0) is 17.5. The van der Waals surface area contributed by atoms with Crippen LogP contribution in [0.15, 0.2) is 23.4 Å². The Balaban J connectivity index is 1.80. The van der Waals surface area contributed by atoms with Gasteiger partial charge in [0.2, 0.25) is 0 Å². The molecule has 24 heavy (non-hydrogen) atoms. The van der Waals surface area contributed by atoms with E-state index >= 15 is 0 Å². The Morgan fingerprint density at radius 1 is 1.29 bits per heavy atom. The lowest BCUT2D eigenvalue weighted by molar-refractivity contribution is 0.112. The van der Waals surface area contributed by atoms with Crippen molar-refractivity contribution in [2.75, 3.05) is 19.5 Å².